The van der Waals surface area contributed by atoms with Crippen molar-refractivity contribution in [2.24, 2.45) is 5.92 Å². The molecule has 2 amide bonds. The standard InChI is InChI=1S/C34H38N4O3/c1-2-9-28(38-30(40)21-34(37-33(38)35,20-22-16-17-22)26-13-4-3-5-14-26)24-11-8-12-25(18-24)32(41)36-31-27-15-7-6-10-23(27)19-29(31)39/h3-8,10-15,18,22,28-29,31,39H,2,9,16-17,19-21H2,1H3,(H2,35,37)(H,36,41)/t28-,29-,31-,34+/m1/s1. The van der Waals surface area contributed by atoms with Crippen LogP contribution in [0.25, 0.3) is 0 Å². The van der Waals surface area contributed by atoms with E-state index in [1.165, 1.54) is 0 Å². The van der Waals surface area contributed by atoms with Gasteiger partial charge in [0.25, 0.3) is 5.91 Å². The fourth-order valence-electron chi connectivity index (χ4n) is 6.69. The Labute approximate surface area is 241 Å². The van der Waals surface area contributed by atoms with Crippen LogP contribution in [0.1, 0.15) is 90.1 Å². The molecule has 2 aliphatic carbocycles. The maximum atomic E-state index is 13.9. The fourth-order valence-corrected chi connectivity index (χ4v) is 6.69. The SMILES string of the molecule is CCC[C@H](c1cccc(C(=O)N[C@@H]2c3ccccc3C[C@H]2O)c1)N1C(=N)N[C@](CC2CC2)(c2ccccc2)CC1=O. The summed E-state index contributed by atoms with van der Waals surface area (Å²) in [5, 5.41) is 26.2. The number of aliphatic hydroxyl groups is 1. The molecule has 1 saturated carbocycles. The first-order chi connectivity index (χ1) is 19.9. The number of guanidine groups is 1. The van der Waals surface area contributed by atoms with E-state index in [9.17, 15) is 14.7 Å². The predicted octanol–water partition coefficient (Wildman–Crippen LogP) is 5.37. The summed E-state index contributed by atoms with van der Waals surface area (Å²) in [6, 6.07) is 24.4. The number of nitrogens with zero attached hydrogens (tertiary/aromatic N) is 1. The Morgan fingerprint density at radius 1 is 1.10 bits per heavy atom. The summed E-state index contributed by atoms with van der Waals surface area (Å²) in [6.45, 7) is 2.06. The third kappa shape index (κ3) is 5.38. The van der Waals surface area contributed by atoms with Gasteiger partial charge < -0.3 is 15.7 Å². The Bertz CT molecular complexity index is 1430. The molecule has 2 fully saturated rings. The Balaban J connectivity index is 1.25. The number of carbonyl (C=O) groups is 2. The minimum absolute atomic E-state index is 0.0720. The molecule has 4 N–H and O–H groups in total. The number of hydrogen-bond donors (Lipinski definition) is 4. The van der Waals surface area contributed by atoms with Crippen LogP contribution < -0.4 is 10.6 Å². The molecule has 0 aromatic heterocycles. The number of amides is 2. The smallest absolute Gasteiger partial charge is 0.251 e. The van der Waals surface area contributed by atoms with Crippen LogP contribution in [0.2, 0.25) is 0 Å². The molecular formula is C34H38N4O3. The highest BCUT2D eigenvalue weighted by atomic mass is 16.3. The van der Waals surface area contributed by atoms with Gasteiger partial charge in [-0.05, 0) is 53.1 Å². The summed E-state index contributed by atoms with van der Waals surface area (Å²) in [7, 11) is 0. The van der Waals surface area contributed by atoms with Crippen LogP contribution in [0.5, 0.6) is 0 Å². The molecule has 3 aromatic rings. The first-order valence-electron chi connectivity index (χ1n) is 14.8. The van der Waals surface area contributed by atoms with Gasteiger partial charge in [0.2, 0.25) is 5.91 Å². The largest absolute Gasteiger partial charge is 0.390 e. The molecule has 0 bridgehead atoms. The van der Waals surface area contributed by atoms with Crippen LogP contribution in [0.15, 0.2) is 78.9 Å². The molecule has 1 heterocycles. The number of fused-ring (bicyclic) bond motifs is 1. The summed E-state index contributed by atoms with van der Waals surface area (Å²) in [5.74, 6) is 0.345. The quantitative estimate of drug-likeness (QED) is 0.288. The molecule has 212 valence electrons. The summed E-state index contributed by atoms with van der Waals surface area (Å²) < 4.78 is 0. The molecular weight excluding hydrogens is 512 g/mol. The monoisotopic (exact) mass is 550 g/mol. The third-order valence-corrected chi connectivity index (χ3v) is 8.88. The van der Waals surface area contributed by atoms with Crippen molar-refractivity contribution < 1.29 is 14.7 Å². The average Bonchev–Trinajstić information content (AvgIpc) is 3.73. The van der Waals surface area contributed by atoms with E-state index >= 15 is 0 Å². The van der Waals surface area contributed by atoms with Crippen LogP contribution >= 0.6 is 0 Å². The van der Waals surface area contributed by atoms with Gasteiger partial charge in [0.1, 0.15) is 0 Å². The van der Waals surface area contributed by atoms with Crippen molar-refractivity contribution in [1.29, 1.82) is 5.41 Å². The van der Waals surface area contributed by atoms with Gasteiger partial charge in [-0.15, -0.1) is 0 Å². The molecule has 7 heteroatoms. The van der Waals surface area contributed by atoms with Gasteiger partial charge in [0.05, 0.1) is 30.1 Å². The Morgan fingerprint density at radius 2 is 1.85 bits per heavy atom. The van der Waals surface area contributed by atoms with Crippen molar-refractivity contribution in [3.8, 4) is 0 Å². The van der Waals surface area contributed by atoms with E-state index in [1.807, 2.05) is 60.7 Å². The van der Waals surface area contributed by atoms with Crippen molar-refractivity contribution in [3.63, 3.8) is 0 Å². The fraction of sp³-hybridized carbons (Fsp3) is 0.382. The lowest BCUT2D eigenvalue weighted by Crippen LogP contribution is -2.61. The number of nitrogens with one attached hydrogen (secondary N) is 3. The highest BCUT2D eigenvalue weighted by Gasteiger charge is 2.47. The van der Waals surface area contributed by atoms with E-state index in [0.717, 1.165) is 47.9 Å². The molecule has 1 aliphatic heterocycles. The highest BCUT2D eigenvalue weighted by Crippen LogP contribution is 2.45. The molecule has 1 saturated heterocycles. The molecule has 4 atom stereocenters. The molecule has 0 spiro atoms. The van der Waals surface area contributed by atoms with Crippen molar-refractivity contribution in [2.75, 3.05) is 0 Å². The van der Waals surface area contributed by atoms with Crippen molar-refractivity contribution in [1.82, 2.24) is 15.5 Å². The van der Waals surface area contributed by atoms with E-state index in [0.29, 0.717) is 24.3 Å². The zero-order valence-corrected chi connectivity index (χ0v) is 23.5. The molecule has 41 heavy (non-hydrogen) atoms. The zero-order valence-electron chi connectivity index (χ0n) is 23.5. The van der Waals surface area contributed by atoms with E-state index < -0.39 is 17.7 Å². The van der Waals surface area contributed by atoms with Gasteiger partial charge >= 0.3 is 0 Å². The van der Waals surface area contributed by atoms with Crippen LogP contribution in [0.3, 0.4) is 0 Å². The van der Waals surface area contributed by atoms with Gasteiger partial charge in [-0.1, -0.05) is 92.9 Å². The first-order valence-corrected chi connectivity index (χ1v) is 14.8. The van der Waals surface area contributed by atoms with Crippen LogP contribution in [0.4, 0.5) is 0 Å². The summed E-state index contributed by atoms with van der Waals surface area (Å²) >= 11 is 0. The van der Waals surface area contributed by atoms with Crippen molar-refractivity contribution in [2.45, 2.75) is 75.6 Å². The number of aliphatic hydroxyl groups excluding tert-OH is 1. The van der Waals surface area contributed by atoms with Crippen molar-refractivity contribution in [3.05, 3.63) is 107 Å². The summed E-state index contributed by atoms with van der Waals surface area (Å²) in [5.41, 5.74) is 3.75. The normalized spacial score (nSPS) is 24.5. The number of carbonyl (C=O) groups excluding carboxylic acids is 2. The van der Waals surface area contributed by atoms with Gasteiger partial charge in [-0.2, -0.15) is 0 Å². The van der Waals surface area contributed by atoms with Crippen LogP contribution in [0, 0.1) is 11.3 Å². The third-order valence-electron chi connectivity index (χ3n) is 8.88. The van der Waals surface area contributed by atoms with E-state index in [4.69, 9.17) is 5.41 Å². The summed E-state index contributed by atoms with van der Waals surface area (Å²) in [6.07, 6.45) is 4.77. The number of rotatable bonds is 9. The lowest BCUT2D eigenvalue weighted by atomic mass is 9.79. The molecule has 0 radical (unpaired) electrons. The van der Waals surface area contributed by atoms with E-state index in [1.54, 1.807) is 11.0 Å². The highest BCUT2D eigenvalue weighted by molar-refractivity contribution is 6.00. The number of hydrogen-bond acceptors (Lipinski definition) is 4. The van der Waals surface area contributed by atoms with Gasteiger partial charge in [-0.25, -0.2) is 0 Å². The van der Waals surface area contributed by atoms with Gasteiger partial charge in [0.15, 0.2) is 5.96 Å². The lowest BCUT2D eigenvalue weighted by molar-refractivity contribution is -0.133. The Kier molecular flexibility index (Phi) is 7.39. The molecule has 7 nitrogen and oxygen atoms in total. The Morgan fingerprint density at radius 3 is 2.59 bits per heavy atom. The maximum absolute atomic E-state index is 13.9. The minimum Gasteiger partial charge on any atom is -0.390 e. The minimum atomic E-state index is -0.676. The van der Waals surface area contributed by atoms with E-state index in [2.05, 4.69) is 29.7 Å². The van der Waals surface area contributed by atoms with Gasteiger partial charge in [0, 0.05) is 12.0 Å². The lowest BCUT2D eigenvalue weighted by Gasteiger charge is -2.46. The molecule has 3 aliphatic rings. The van der Waals surface area contributed by atoms with E-state index in [-0.39, 0.29) is 30.2 Å². The van der Waals surface area contributed by atoms with Crippen molar-refractivity contribution >= 4 is 17.8 Å². The average molecular weight is 551 g/mol. The molecule has 0 unspecified atom stereocenters. The summed E-state index contributed by atoms with van der Waals surface area (Å²) in [4.78, 5) is 28.9. The second kappa shape index (κ2) is 11.1. The van der Waals surface area contributed by atoms with Crippen LogP contribution in [-0.4, -0.2) is 33.9 Å². The topological polar surface area (TPSA) is 106 Å². The van der Waals surface area contributed by atoms with Crippen LogP contribution in [-0.2, 0) is 16.8 Å². The maximum Gasteiger partial charge on any atom is 0.251 e. The second-order valence-electron chi connectivity index (χ2n) is 11.9. The Hall–Kier alpha value is -3.97. The predicted molar refractivity (Wildman–Crippen MR) is 158 cm³/mol. The number of benzene rings is 3. The molecule has 6 rings (SSSR count). The zero-order chi connectivity index (χ0) is 28.6. The first kappa shape index (κ1) is 27.2. The second-order valence-corrected chi connectivity index (χ2v) is 11.9. The van der Waals surface area contributed by atoms with Gasteiger partial charge in [-0.3, -0.25) is 19.9 Å². The molecule has 3 aromatic carbocycles.